The fraction of sp³-hybridized carbons (Fsp3) is 0.647. The Morgan fingerprint density at radius 2 is 2.10 bits per heavy atom. The maximum atomic E-state index is 6.38. The van der Waals surface area contributed by atoms with Crippen LogP contribution in [0.15, 0.2) is 18.2 Å². The van der Waals surface area contributed by atoms with E-state index < -0.39 is 0 Å². The second kappa shape index (κ2) is 5.57. The van der Waals surface area contributed by atoms with E-state index >= 15 is 0 Å². The molecule has 1 fully saturated rings. The van der Waals surface area contributed by atoms with Crippen molar-refractivity contribution in [1.29, 1.82) is 0 Å². The van der Waals surface area contributed by atoms with Crippen LogP contribution in [0.1, 0.15) is 63.5 Å². The average molecular weight is 294 g/mol. The van der Waals surface area contributed by atoms with Crippen molar-refractivity contribution in [2.24, 2.45) is 11.7 Å². The molecule has 0 aromatic heterocycles. The zero-order valence-electron chi connectivity index (χ0n) is 12.2. The lowest BCUT2D eigenvalue weighted by Gasteiger charge is -2.45. The lowest BCUT2D eigenvalue weighted by atomic mass is 9.72. The molecule has 1 saturated carbocycles. The zero-order chi connectivity index (χ0) is 14.2. The lowest BCUT2D eigenvalue weighted by molar-refractivity contribution is -0.0115. The Hall–Kier alpha value is -0.730. The number of rotatable bonds is 2. The minimum Gasteiger partial charge on any atom is -0.487 e. The summed E-state index contributed by atoms with van der Waals surface area (Å²) in [6.07, 6.45) is 8.43. The van der Waals surface area contributed by atoms with E-state index in [0.717, 1.165) is 41.5 Å². The molecule has 0 radical (unpaired) electrons. The third-order valence-corrected chi connectivity index (χ3v) is 5.24. The highest BCUT2D eigenvalue weighted by atomic mass is 35.5. The maximum absolute atomic E-state index is 6.38. The summed E-state index contributed by atoms with van der Waals surface area (Å²) in [5.74, 6) is 1.83. The molecule has 2 N–H and O–H groups in total. The SMILES string of the molecule is CCCC1CCC2(CC1)C[C@H](N)c1cc(Cl)ccc1O2. The molecule has 0 saturated heterocycles. The summed E-state index contributed by atoms with van der Waals surface area (Å²) in [7, 11) is 0. The molecule has 1 heterocycles. The van der Waals surface area contributed by atoms with Crippen LogP contribution in [-0.2, 0) is 0 Å². The first-order valence-corrected chi connectivity index (χ1v) is 8.24. The van der Waals surface area contributed by atoms with E-state index in [-0.39, 0.29) is 11.6 Å². The molecule has 1 aromatic carbocycles. The quantitative estimate of drug-likeness (QED) is 0.846. The average Bonchev–Trinajstić information content (AvgIpc) is 2.43. The van der Waals surface area contributed by atoms with E-state index in [9.17, 15) is 0 Å². The number of hydrogen-bond donors (Lipinski definition) is 1. The van der Waals surface area contributed by atoms with Gasteiger partial charge in [-0.25, -0.2) is 0 Å². The van der Waals surface area contributed by atoms with Crippen molar-refractivity contribution >= 4 is 11.6 Å². The molecule has 0 bridgehead atoms. The van der Waals surface area contributed by atoms with E-state index in [2.05, 4.69) is 6.92 Å². The molecule has 3 heteroatoms. The van der Waals surface area contributed by atoms with Gasteiger partial charge in [-0.3, -0.25) is 0 Å². The summed E-state index contributed by atoms with van der Waals surface area (Å²) in [5.41, 5.74) is 7.42. The molecule has 0 amide bonds. The van der Waals surface area contributed by atoms with E-state index in [1.165, 1.54) is 25.7 Å². The van der Waals surface area contributed by atoms with E-state index in [0.29, 0.717) is 0 Å². The third kappa shape index (κ3) is 2.68. The summed E-state index contributed by atoms with van der Waals surface area (Å²) in [4.78, 5) is 0. The molecule has 0 unspecified atom stereocenters. The van der Waals surface area contributed by atoms with Crippen LogP contribution in [0.3, 0.4) is 0 Å². The van der Waals surface area contributed by atoms with Crippen molar-refractivity contribution in [2.45, 2.75) is 63.5 Å². The number of halogens is 1. The normalized spacial score (nSPS) is 32.8. The van der Waals surface area contributed by atoms with Gasteiger partial charge in [-0.15, -0.1) is 0 Å². The van der Waals surface area contributed by atoms with Gasteiger partial charge in [-0.05, 0) is 49.8 Å². The smallest absolute Gasteiger partial charge is 0.125 e. The van der Waals surface area contributed by atoms with E-state index in [4.69, 9.17) is 22.1 Å². The molecular weight excluding hydrogens is 270 g/mol. The Bertz CT molecular complexity index is 480. The molecule has 20 heavy (non-hydrogen) atoms. The zero-order valence-corrected chi connectivity index (χ0v) is 13.0. The van der Waals surface area contributed by atoms with Crippen LogP contribution in [0, 0.1) is 5.92 Å². The Kier molecular flexibility index (Phi) is 3.96. The second-order valence-electron chi connectivity index (χ2n) is 6.51. The van der Waals surface area contributed by atoms with Gasteiger partial charge in [0, 0.05) is 23.0 Å². The molecule has 3 rings (SSSR count). The monoisotopic (exact) mass is 293 g/mol. The fourth-order valence-electron chi connectivity index (χ4n) is 3.89. The summed E-state index contributed by atoms with van der Waals surface area (Å²) in [6, 6.07) is 5.89. The predicted octanol–water partition coefficient (Wildman–Crippen LogP) is 4.85. The van der Waals surface area contributed by atoms with Crippen LogP contribution in [0.25, 0.3) is 0 Å². The Labute approximate surface area is 126 Å². The minimum absolute atomic E-state index is 0.0233. The highest BCUT2D eigenvalue weighted by molar-refractivity contribution is 6.30. The van der Waals surface area contributed by atoms with Gasteiger partial charge in [0.1, 0.15) is 11.4 Å². The lowest BCUT2D eigenvalue weighted by Crippen LogP contribution is -2.45. The van der Waals surface area contributed by atoms with Gasteiger partial charge in [0.05, 0.1) is 0 Å². The van der Waals surface area contributed by atoms with Crippen LogP contribution < -0.4 is 10.5 Å². The number of hydrogen-bond acceptors (Lipinski definition) is 2. The highest BCUT2D eigenvalue weighted by Crippen LogP contribution is 2.47. The second-order valence-corrected chi connectivity index (χ2v) is 6.95. The summed E-state index contributed by atoms with van der Waals surface area (Å²) >= 11 is 6.06. The first-order chi connectivity index (χ1) is 9.62. The van der Waals surface area contributed by atoms with E-state index in [1.54, 1.807) is 0 Å². The first kappa shape index (κ1) is 14.2. The molecule has 2 nitrogen and oxygen atoms in total. The van der Waals surface area contributed by atoms with Gasteiger partial charge in [0.15, 0.2) is 0 Å². The fourth-order valence-corrected chi connectivity index (χ4v) is 4.08. The van der Waals surface area contributed by atoms with Crippen LogP contribution in [0.5, 0.6) is 5.75 Å². The third-order valence-electron chi connectivity index (χ3n) is 5.00. The molecule has 110 valence electrons. The Balaban J connectivity index is 1.76. The molecule has 1 aliphatic carbocycles. The van der Waals surface area contributed by atoms with Gasteiger partial charge in [-0.1, -0.05) is 31.4 Å². The number of nitrogens with two attached hydrogens (primary N) is 1. The molecule has 1 spiro atoms. The minimum atomic E-state index is -0.0233. The molecular formula is C17H24ClNO. The Morgan fingerprint density at radius 3 is 2.80 bits per heavy atom. The molecule has 1 atom stereocenters. The van der Waals surface area contributed by atoms with Crippen molar-refractivity contribution in [1.82, 2.24) is 0 Å². The molecule has 1 aromatic rings. The topological polar surface area (TPSA) is 35.2 Å². The number of ether oxygens (including phenoxy) is 1. The van der Waals surface area contributed by atoms with Crippen molar-refractivity contribution in [2.75, 3.05) is 0 Å². The number of benzene rings is 1. The van der Waals surface area contributed by atoms with Gasteiger partial charge in [-0.2, -0.15) is 0 Å². The van der Waals surface area contributed by atoms with Crippen molar-refractivity contribution in [3.05, 3.63) is 28.8 Å². The first-order valence-electron chi connectivity index (χ1n) is 7.86. The van der Waals surface area contributed by atoms with E-state index in [1.807, 2.05) is 18.2 Å². The summed E-state index contributed by atoms with van der Waals surface area (Å²) in [6.45, 7) is 2.28. The van der Waals surface area contributed by atoms with Crippen molar-refractivity contribution in [3.8, 4) is 5.75 Å². The largest absolute Gasteiger partial charge is 0.487 e. The standard InChI is InChI=1S/C17H24ClNO/c1-2-3-12-6-8-17(9-7-12)11-15(19)14-10-13(18)4-5-16(14)20-17/h4-5,10,12,15H,2-3,6-9,11,19H2,1H3/t12?,15-,17?/m0/s1. The van der Waals surface area contributed by atoms with Gasteiger partial charge in [0.25, 0.3) is 0 Å². The predicted molar refractivity (Wildman–Crippen MR) is 83.2 cm³/mol. The van der Waals surface area contributed by atoms with Crippen molar-refractivity contribution < 1.29 is 4.74 Å². The van der Waals surface area contributed by atoms with Crippen LogP contribution in [0.2, 0.25) is 5.02 Å². The van der Waals surface area contributed by atoms with Crippen LogP contribution >= 0.6 is 11.6 Å². The number of fused-ring (bicyclic) bond motifs is 1. The van der Waals surface area contributed by atoms with Gasteiger partial charge >= 0.3 is 0 Å². The van der Waals surface area contributed by atoms with Crippen molar-refractivity contribution in [3.63, 3.8) is 0 Å². The summed E-state index contributed by atoms with van der Waals surface area (Å²) in [5, 5.41) is 0.741. The van der Waals surface area contributed by atoms with Gasteiger partial charge < -0.3 is 10.5 Å². The molecule has 1 aliphatic heterocycles. The van der Waals surface area contributed by atoms with Gasteiger partial charge in [0.2, 0.25) is 0 Å². The van der Waals surface area contributed by atoms with Crippen LogP contribution in [0.4, 0.5) is 0 Å². The molecule has 2 aliphatic rings. The maximum Gasteiger partial charge on any atom is 0.125 e. The van der Waals surface area contributed by atoms with Crippen LogP contribution in [-0.4, -0.2) is 5.60 Å². The summed E-state index contributed by atoms with van der Waals surface area (Å²) < 4.78 is 6.37. The highest BCUT2D eigenvalue weighted by Gasteiger charge is 2.42. The Morgan fingerprint density at radius 1 is 1.35 bits per heavy atom.